The van der Waals surface area contributed by atoms with Gasteiger partial charge in [-0.2, -0.15) is 0 Å². The first kappa shape index (κ1) is 14.4. The van der Waals surface area contributed by atoms with Gasteiger partial charge in [0.25, 0.3) is 0 Å². The van der Waals surface area contributed by atoms with Gasteiger partial charge >= 0.3 is 0 Å². The van der Waals surface area contributed by atoms with Gasteiger partial charge in [-0.3, -0.25) is 0 Å². The average molecular weight is 274 g/mol. The Labute approximate surface area is 118 Å². The lowest BCUT2D eigenvalue weighted by Crippen LogP contribution is -2.20. The quantitative estimate of drug-likeness (QED) is 0.910. The number of aromatic nitrogens is 2. The first-order valence-corrected chi connectivity index (χ1v) is 6.66. The van der Waals surface area contributed by atoms with Crippen molar-refractivity contribution in [2.75, 3.05) is 18.5 Å². The number of hydrogen-bond donors (Lipinski definition) is 1. The van der Waals surface area contributed by atoms with Crippen molar-refractivity contribution in [3.05, 3.63) is 47.5 Å². The van der Waals surface area contributed by atoms with E-state index in [9.17, 15) is 4.39 Å². The Balaban J connectivity index is 2.32. The van der Waals surface area contributed by atoms with Crippen LogP contribution < -0.4 is 10.2 Å². The number of nitrogens with one attached hydrogen (secondary N) is 1. The molecule has 0 saturated heterocycles. The zero-order valence-corrected chi connectivity index (χ0v) is 12.0. The van der Waals surface area contributed by atoms with E-state index in [1.165, 1.54) is 12.1 Å². The van der Waals surface area contributed by atoms with Crippen molar-refractivity contribution in [1.82, 2.24) is 15.3 Å². The Morgan fingerprint density at radius 1 is 1.25 bits per heavy atom. The number of nitrogens with zero attached hydrogens (tertiary/aromatic N) is 3. The van der Waals surface area contributed by atoms with E-state index in [-0.39, 0.29) is 5.82 Å². The van der Waals surface area contributed by atoms with Crippen LogP contribution >= 0.6 is 0 Å². The van der Waals surface area contributed by atoms with Crippen LogP contribution in [0.2, 0.25) is 0 Å². The fraction of sp³-hybridized carbons (Fsp3) is 0.333. The van der Waals surface area contributed by atoms with Crippen LogP contribution in [0.1, 0.15) is 18.2 Å². The first-order chi connectivity index (χ1) is 9.65. The molecule has 2 aromatic rings. The van der Waals surface area contributed by atoms with Crippen LogP contribution in [0, 0.1) is 12.7 Å². The molecule has 0 atom stereocenters. The topological polar surface area (TPSA) is 41.1 Å². The van der Waals surface area contributed by atoms with E-state index < -0.39 is 0 Å². The molecule has 0 aliphatic heterocycles. The maximum atomic E-state index is 13.0. The number of hydrogen-bond acceptors (Lipinski definition) is 4. The van der Waals surface area contributed by atoms with Crippen LogP contribution in [0.5, 0.6) is 0 Å². The summed E-state index contributed by atoms with van der Waals surface area (Å²) in [5.41, 5.74) is 2.91. The molecule has 2 rings (SSSR count). The molecule has 0 amide bonds. The van der Waals surface area contributed by atoms with Crippen molar-refractivity contribution in [3.63, 3.8) is 0 Å². The standard InChI is InChI=1S/C15H19FN4/c1-4-20(14-7-5-13(16)6-8-14)15-18-10-12(9-17-3)11(2)19-15/h5-8,10,17H,4,9H2,1-3H3. The maximum absolute atomic E-state index is 13.0. The third-order valence-corrected chi connectivity index (χ3v) is 3.13. The lowest BCUT2D eigenvalue weighted by atomic mass is 10.2. The average Bonchev–Trinajstić information content (AvgIpc) is 2.45. The van der Waals surface area contributed by atoms with Crippen molar-refractivity contribution in [2.24, 2.45) is 0 Å². The fourth-order valence-corrected chi connectivity index (χ4v) is 2.03. The summed E-state index contributed by atoms with van der Waals surface area (Å²) in [6.07, 6.45) is 1.83. The summed E-state index contributed by atoms with van der Waals surface area (Å²) in [4.78, 5) is 10.9. The molecule has 1 aromatic heterocycles. The van der Waals surface area contributed by atoms with E-state index in [4.69, 9.17) is 0 Å². The number of halogens is 1. The van der Waals surface area contributed by atoms with Crippen LogP contribution in [0.15, 0.2) is 30.5 Å². The minimum Gasteiger partial charge on any atom is -0.316 e. The molecule has 0 saturated carbocycles. The third-order valence-electron chi connectivity index (χ3n) is 3.13. The molecule has 5 heteroatoms. The number of rotatable bonds is 5. The largest absolute Gasteiger partial charge is 0.316 e. The van der Waals surface area contributed by atoms with Crippen LogP contribution in [0.25, 0.3) is 0 Å². The van der Waals surface area contributed by atoms with Gasteiger partial charge in [0.2, 0.25) is 5.95 Å². The van der Waals surface area contributed by atoms with E-state index >= 15 is 0 Å². The second-order valence-corrected chi connectivity index (χ2v) is 4.53. The van der Waals surface area contributed by atoms with Gasteiger partial charge in [-0.25, -0.2) is 14.4 Å². The van der Waals surface area contributed by atoms with Gasteiger partial charge in [-0.05, 0) is 45.2 Å². The van der Waals surface area contributed by atoms with Gasteiger partial charge in [-0.1, -0.05) is 0 Å². The van der Waals surface area contributed by atoms with E-state index in [0.717, 1.165) is 30.0 Å². The van der Waals surface area contributed by atoms with Crippen LogP contribution in [-0.2, 0) is 6.54 Å². The SMILES string of the molecule is CCN(c1ccc(F)cc1)c1ncc(CNC)c(C)n1. The molecule has 1 aromatic carbocycles. The fourth-order valence-electron chi connectivity index (χ4n) is 2.03. The van der Waals surface area contributed by atoms with Gasteiger partial charge in [-0.15, -0.1) is 0 Å². The van der Waals surface area contributed by atoms with Gasteiger partial charge in [0.05, 0.1) is 0 Å². The van der Waals surface area contributed by atoms with Crippen molar-refractivity contribution >= 4 is 11.6 Å². The maximum Gasteiger partial charge on any atom is 0.230 e. The van der Waals surface area contributed by atoms with E-state index in [1.54, 1.807) is 12.1 Å². The summed E-state index contributed by atoms with van der Waals surface area (Å²) in [5.74, 6) is 0.391. The Kier molecular flexibility index (Phi) is 4.63. The van der Waals surface area contributed by atoms with Crippen molar-refractivity contribution in [1.29, 1.82) is 0 Å². The molecular formula is C15H19FN4. The number of aryl methyl sites for hydroxylation is 1. The second kappa shape index (κ2) is 6.43. The van der Waals surface area contributed by atoms with Crippen molar-refractivity contribution in [3.8, 4) is 0 Å². The summed E-state index contributed by atoms with van der Waals surface area (Å²) < 4.78 is 13.0. The summed E-state index contributed by atoms with van der Waals surface area (Å²) in [5, 5.41) is 3.09. The number of anilines is 2. The molecular weight excluding hydrogens is 255 g/mol. The zero-order chi connectivity index (χ0) is 14.5. The van der Waals surface area contributed by atoms with Crippen molar-refractivity contribution < 1.29 is 4.39 Å². The van der Waals surface area contributed by atoms with E-state index in [0.29, 0.717) is 5.95 Å². The molecule has 0 radical (unpaired) electrons. The predicted octanol–water partition coefficient (Wildman–Crippen LogP) is 2.80. The lowest BCUT2D eigenvalue weighted by Gasteiger charge is -2.21. The summed E-state index contributed by atoms with van der Waals surface area (Å²) in [6.45, 7) is 5.45. The Morgan fingerprint density at radius 3 is 2.50 bits per heavy atom. The summed E-state index contributed by atoms with van der Waals surface area (Å²) in [6, 6.07) is 6.36. The Morgan fingerprint density at radius 2 is 1.95 bits per heavy atom. The van der Waals surface area contributed by atoms with Gasteiger partial charge < -0.3 is 10.2 Å². The molecule has 1 heterocycles. The molecule has 0 fully saturated rings. The normalized spacial score (nSPS) is 10.6. The molecule has 0 aliphatic carbocycles. The third kappa shape index (κ3) is 3.11. The Bertz CT molecular complexity index is 569. The van der Waals surface area contributed by atoms with Gasteiger partial charge in [0.15, 0.2) is 0 Å². The highest BCUT2D eigenvalue weighted by Gasteiger charge is 2.11. The smallest absolute Gasteiger partial charge is 0.230 e. The van der Waals surface area contributed by atoms with Crippen LogP contribution in [-0.4, -0.2) is 23.6 Å². The molecule has 1 N–H and O–H groups in total. The highest BCUT2D eigenvalue weighted by atomic mass is 19.1. The molecule has 0 aliphatic rings. The van der Waals surface area contributed by atoms with Crippen LogP contribution in [0.4, 0.5) is 16.0 Å². The highest BCUT2D eigenvalue weighted by Crippen LogP contribution is 2.22. The molecule has 0 bridgehead atoms. The van der Waals surface area contributed by atoms with Gasteiger partial charge in [0, 0.05) is 36.2 Å². The zero-order valence-electron chi connectivity index (χ0n) is 12.0. The molecule has 106 valence electrons. The van der Waals surface area contributed by atoms with Crippen LogP contribution in [0.3, 0.4) is 0 Å². The minimum absolute atomic E-state index is 0.244. The Hall–Kier alpha value is -2.01. The van der Waals surface area contributed by atoms with Crippen molar-refractivity contribution in [2.45, 2.75) is 20.4 Å². The monoisotopic (exact) mass is 274 g/mol. The number of benzene rings is 1. The molecule has 0 unspecified atom stereocenters. The molecule has 20 heavy (non-hydrogen) atoms. The highest BCUT2D eigenvalue weighted by molar-refractivity contribution is 5.57. The summed E-state index contributed by atoms with van der Waals surface area (Å²) in [7, 11) is 1.89. The molecule has 4 nitrogen and oxygen atoms in total. The second-order valence-electron chi connectivity index (χ2n) is 4.53. The summed E-state index contributed by atoms with van der Waals surface area (Å²) >= 11 is 0. The first-order valence-electron chi connectivity index (χ1n) is 6.66. The van der Waals surface area contributed by atoms with E-state index in [1.807, 2.05) is 32.0 Å². The minimum atomic E-state index is -0.244. The lowest BCUT2D eigenvalue weighted by molar-refractivity contribution is 0.627. The molecule has 0 spiro atoms. The van der Waals surface area contributed by atoms with Gasteiger partial charge in [0.1, 0.15) is 5.82 Å². The predicted molar refractivity (Wildman–Crippen MR) is 78.6 cm³/mol. The van der Waals surface area contributed by atoms with E-state index in [2.05, 4.69) is 15.3 Å².